The highest BCUT2D eigenvalue weighted by Gasteiger charge is 2.03. The molecule has 0 saturated carbocycles. The largest absolute Gasteiger partial charge is 0.364 e. The second-order valence-corrected chi connectivity index (χ2v) is 4.87. The normalized spacial score (nSPS) is 10.8. The second kappa shape index (κ2) is 6.46. The number of aliphatic hydroxyl groups is 2. The molecule has 20 heavy (non-hydrogen) atoms. The van der Waals surface area contributed by atoms with Crippen LogP contribution in [-0.4, -0.2) is 16.0 Å². The average Bonchev–Trinajstić information content (AvgIpc) is 2.46. The number of benzene rings is 2. The smallest absolute Gasteiger partial charge is 0.178 e. The van der Waals surface area contributed by atoms with E-state index in [1.807, 2.05) is 36.4 Å². The molecule has 2 rings (SSSR count). The molecule has 0 aliphatic carbocycles. The maximum atomic E-state index is 11.3. The van der Waals surface area contributed by atoms with Gasteiger partial charge >= 0.3 is 0 Å². The van der Waals surface area contributed by atoms with Crippen LogP contribution in [0.2, 0.25) is 0 Å². The first kappa shape index (κ1) is 14.4. The van der Waals surface area contributed by atoms with Crippen LogP contribution >= 0.6 is 0 Å². The van der Waals surface area contributed by atoms with Crippen molar-refractivity contribution in [2.45, 2.75) is 26.1 Å². The summed E-state index contributed by atoms with van der Waals surface area (Å²) in [4.78, 5) is 11.3. The van der Waals surface area contributed by atoms with Gasteiger partial charge in [-0.3, -0.25) is 4.79 Å². The van der Waals surface area contributed by atoms with E-state index in [1.165, 1.54) is 0 Å². The minimum atomic E-state index is -1.42. The van der Waals surface area contributed by atoms with Crippen molar-refractivity contribution < 1.29 is 15.0 Å². The van der Waals surface area contributed by atoms with E-state index in [9.17, 15) is 4.79 Å². The third-order valence-electron chi connectivity index (χ3n) is 3.31. The maximum absolute atomic E-state index is 11.3. The molecule has 3 nitrogen and oxygen atoms in total. The molecule has 2 N–H and O–H groups in total. The van der Waals surface area contributed by atoms with Crippen LogP contribution in [0, 0.1) is 0 Å². The topological polar surface area (TPSA) is 57.5 Å². The number of aliphatic hydroxyl groups excluding tert-OH is 1. The summed E-state index contributed by atoms with van der Waals surface area (Å²) in [5.41, 5.74) is 3.49. The lowest BCUT2D eigenvalue weighted by molar-refractivity contribution is -0.0424. The van der Waals surface area contributed by atoms with Crippen LogP contribution in [0.3, 0.4) is 0 Å². The first-order valence-electron chi connectivity index (χ1n) is 6.61. The Morgan fingerprint density at radius 3 is 2.25 bits per heavy atom. The van der Waals surface area contributed by atoms with Gasteiger partial charge in [0.05, 0.1) is 0 Å². The van der Waals surface area contributed by atoms with E-state index in [-0.39, 0.29) is 5.78 Å². The molecule has 3 heteroatoms. The number of carbonyl (C=O) groups is 1. The fourth-order valence-electron chi connectivity index (χ4n) is 2.09. The lowest BCUT2D eigenvalue weighted by Crippen LogP contribution is -1.97. The summed E-state index contributed by atoms with van der Waals surface area (Å²) in [5, 5.41) is 18.1. The van der Waals surface area contributed by atoms with Crippen molar-refractivity contribution in [3.8, 4) is 0 Å². The lowest BCUT2D eigenvalue weighted by Gasteiger charge is -2.06. The van der Waals surface area contributed by atoms with Gasteiger partial charge in [-0.2, -0.15) is 0 Å². The molecule has 0 bridgehead atoms. The van der Waals surface area contributed by atoms with E-state index in [0.717, 1.165) is 29.5 Å². The molecule has 104 valence electrons. The Hall–Kier alpha value is -1.97. The van der Waals surface area contributed by atoms with E-state index < -0.39 is 6.29 Å². The Kier molecular flexibility index (Phi) is 4.66. The summed E-state index contributed by atoms with van der Waals surface area (Å²) in [6, 6.07) is 14.9. The van der Waals surface area contributed by atoms with Crippen LogP contribution in [0.4, 0.5) is 0 Å². The Morgan fingerprint density at radius 2 is 1.65 bits per heavy atom. The van der Waals surface area contributed by atoms with Crippen LogP contribution in [-0.2, 0) is 12.8 Å². The third kappa shape index (κ3) is 3.76. The maximum Gasteiger partial charge on any atom is 0.178 e. The number of hydrogen-bond donors (Lipinski definition) is 2. The quantitative estimate of drug-likeness (QED) is 0.648. The van der Waals surface area contributed by atoms with Crippen molar-refractivity contribution in [1.29, 1.82) is 0 Å². The van der Waals surface area contributed by atoms with E-state index in [2.05, 4.69) is 0 Å². The molecular formula is C17H18O3. The molecule has 0 amide bonds. The van der Waals surface area contributed by atoms with Gasteiger partial charge < -0.3 is 10.2 Å². The molecule has 0 saturated heterocycles. The van der Waals surface area contributed by atoms with Crippen molar-refractivity contribution in [3.63, 3.8) is 0 Å². The summed E-state index contributed by atoms with van der Waals surface area (Å²) in [6.07, 6.45) is 0.280. The van der Waals surface area contributed by atoms with Crippen molar-refractivity contribution >= 4 is 5.78 Å². The summed E-state index contributed by atoms with van der Waals surface area (Å²) in [7, 11) is 0. The van der Waals surface area contributed by atoms with Gasteiger partial charge in [0.15, 0.2) is 12.1 Å². The second-order valence-electron chi connectivity index (χ2n) is 4.87. The van der Waals surface area contributed by atoms with Gasteiger partial charge in [0.2, 0.25) is 0 Å². The number of carbonyl (C=O) groups excluding carboxylic acids is 1. The van der Waals surface area contributed by atoms with Gasteiger partial charge in [0.1, 0.15) is 0 Å². The summed E-state index contributed by atoms with van der Waals surface area (Å²) < 4.78 is 0. The Morgan fingerprint density at radius 1 is 1.00 bits per heavy atom. The molecule has 0 heterocycles. The summed E-state index contributed by atoms with van der Waals surface area (Å²) in [6.45, 7) is 1.57. The van der Waals surface area contributed by atoms with Crippen LogP contribution in [0.25, 0.3) is 0 Å². The first-order chi connectivity index (χ1) is 9.56. The number of aryl methyl sites for hydroxylation is 2. The van der Waals surface area contributed by atoms with E-state index in [1.54, 1.807) is 19.1 Å². The highest BCUT2D eigenvalue weighted by molar-refractivity contribution is 5.94. The highest BCUT2D eigenvalue weighted by atomic mass is 16.5. The standard InChI is InChI=1S/C17H18O3/c1-12(18)16-4-2-3-14(11-16)6-5-13-7-9-15(10-8-13)17(19)20/h2-4,7-11,17,19-20H,5-6H2,1H3. The first-order valence-corrected chi connectivity index (χ1v) is 6.61. The summed E-state index contributed by atoms with van der Waals surface area (Å²) >= 11 is 0. The Bertz CT molecular complexity index is 585. The van der Waals surface area contributed by atoms with Gasteiger partial charge in [0, 0.05) is 11.1 Å². The Balaban J connectivity index is 2.01. The molecular weight excluding hydrogens is 252 g/mol. The van der Waals surface area contributed by atoms with Crippen molar-refractivity contribution in [3.05, 3.63) is 70.8 Å². The number of hydrogen-bond acceptors (Lipinski definition) is 3. The Labute approximate surface area is 118 Å². The molecule has 0 fully saturated rings. The van der Waals surface area contributed by atoms with Crippen LogP contribution in [0.1, 0.15) is 40.3 Å². The molecule has 0 radical (unpaired) electrons. The van der Waals surface area contributed by atoms with Gasteiger partial charge in [-0.25, -0.2) is 0 Å². The molecule has 0 aromatic heterocycles. The molecule has 2 aromatic rings. The van der Waals surface area contributed by atoms with Crippen molar-refractivity contribution in [1.82, 2.24) is 0 Å². The summed E-state index contributed by atoms with van der Waals surface area (Å²) in [5.74, 6) is 0.0770. The molecule has 0 unspecified atom stereocenters. The molecule has 0 atom stereocenters. The zero-order chi connectivity index (χ0) is 14.5. The zero-order valence-corrected chi connectivity index (χ0v) is 11.4. The molecule has 0 spiro atoms. The monoisotopic (exact) mass is 270 g/mol. The fraction of sp³-hybridized carbons (Fsp3) is 0.235. The van der Waals surface area contributed by atoms with Crippen molar-refractivity contribution in [2.75, 3.05) is 0 Å². The number of Topliss-reactive ketones (excluding diaryl/α,β-unsaturated/α-hetero) is 1. The highest BCUT2D eigenvalue weighted by Crippen LogP contribution is 2.14. The number of ketones is 1. The van der Waals surface area contributed by atoms with Crippen LogP contribution in [0.5, 0.6) is 0 Å². The predicted molar refractivity (Wildman–Crippen MR) is 77.5 cm³/mol. The molecule has 0 aliphatic rings. The zero-order valence-electron chi connectivity index (χ0n) is 11.4. The van der Waals surface area contributed by atoms with Crippen LogP contribution in [0.15, 0.2) is 48.5 Å². The third-order valence-corrected chi connectivity index (χ3v) is 3.31. The van der Waals surface area contributed by atoms with Gasteiger partial charge in [-0.1, -0.05) is 42.5 Å². The van der Waals surface area contributed by atoms with Gasteiger partial charge in [-0.05, 0) is 37.0 Å². The minimum absolute atomic E-state index is 0.0770. The van der Waals surface area contributed by atoms with E-state index >= 15 is 0 Å². The average molecular weight is 270 g/mol. The van der Waals surface area contributed by atoms with Crippen LogP contribution < -0.4 is 0 Å². The van der Waals surface area contributed by atoms with E-state index in [0.29, 0.717) is 5.56 Å². The molecule has 2 aromatic carbocycles. The minimum Gasteiger partial charge on any atom is -0.364 e. The number of rotatable bonds is 5. The van der Waals surface area contributed by atoms with Gasteiger partial charge in [-0.15, -0.1) is 0 Å². The van der Waals surface area contributed by atoms with Crippen molar-refractivity contribution in [2.24, 2.45) is 0 Å². The lowest BCUT2D eigenvalue weighted by atomic mass is 10.0. The predicted octanol–water partition coefficient (Wildman–Crippen LogP) is 2.66. The SMILES string of the molecule is CC(=O)c1cccc(CCc2ccc(C(O)O)cc2)c1. The molecule has 0 aliphatic heterocycles. The van der Waals surface area contributed by atoms with E-state index in [4.69, 9.17) is 10.2 Å². The fourth-order valence-corrected chi connectivity index (χ4v) is 2.09. The van der Waals surface area contributed by atoms with Gasteiger partial charge in [0.25, 0.3) is 0 Å².